The fraction of sp³-hybridized carbons (Fsp3) is 0.600. The average Bonchev–Trinajstić information content (AvgIpc) is 2.49. The fourth-order valence-electron chi connectivity index (χ4n) is 2.82. The van der Waals surface area contributed by atoms with Crippen LogP contribution in [0.2, 0.25) is 0 Å². The molecule has 0 aromatic heterocycles. The summed E-state index contributed by atoms with van der Waals surface area (Å²) in [6.07, 6.45) is 2.91. The minimum Gasteiger partial charge on any atom is -0.371 e. The third-order valence-electron chi connectivity index (χ3n) is 3.90. The monoisotopic (exact) mass is 263 g/mol. The van der Waals surface area contributed by atoms with E-state index in [0.717, 1.165) is 25.6 Å². The minimum absolute atomic E-state index is 0.247. The minimum atomic E-state index is 0.247. The Morgan fingerprint density at radius 3 is 2.78 bits per heavy atom. The van der Waals surface area contributed by atoms with E-state index >= 15 is 0 Å². The van der Waals surface area contributed by atoms with Gasteiger partial charge in [0.05, 0.1) is 12.7 Å². The Bertz CT molecular complexity index is 351. The molecule has 0 amide bonds. The third-order valence-corrected chi connectivity index (χ3v) is 4.95. The summed E-state index contributed by atoms with van der Waals surface area (Å²) in [5.41, 5.74) is 2.86. The molecule has 2 fully saturated rings. The molecule has 0 radical (unpaired) electrons. The summed E-state index contributed by atoms with van der Waals surface area (Å²) in [4.78, 5) is 0. The zero-order valence-electron chi connectivity index (χ0n) is 10.7. The Morgan fingerprint density at radius 2 is 2.00 bits per heavy atom. The molecule has 1 aromatic rings. The maximum absolute atomic E-state index is 5.84. The second-order valence-corrected chi connectivity index (χ2v) is 6.35. The van der Waals surface area contributed by atoms with Gasteiger partial charge in [-0.3, -0.25) is 0 Å². The van der Waals surface area contributed by atoms with Gasteiger partial charge in [-0.05, 0) is 41.4 Å². The van der Waals surface area contributed by atoms with Gasteiger partial charge in [0.2, 0.25) is 0 Å². The zero-order valence-corrected chi connectivity index (χ0v) is 11.5. The summed E-state index contributed by atoms with van der Waals surface area (Å²) in [5, 5.41) is 3.40. The highest BCUT2D eigenvalue weighted by molar-refractivity contribution is 7.99. The standard InChI is InChI=1S/C15H21NOS/c1-2-13(12-4-8-18-9-5-12)10-14(3-1)15-11-16-6-7-17-15/h1-3,10,12,15-16H,4-9,11H2. The van der Waals surface area contributed by atoms with Crippen molar-refractivity contribution in [3.63, 3.8) is 0 Å². The largest absolute Gasteiger partial charge is 0.371 e. The lowest BCUT2D eigenvalue weighted by Crippen LogP contribution is -2.33. The first kappa shape index (κ1) is 12.5. The van der Waals surface area contributed by atoms with Crippen molar-refractivity contribution in [2.75, 3.05) is 31.2 Å². The van der Waals surface area contributed by atoms with Gasteiger partial charge in [-0.1, -0.05) is 24.3 Å². The molecule has 1 aromatic carbocycles. The van der Waals surface area contributed by atoms with Gasteiger partial charge in [-0.15, -0.1) is 0 Å². The van der Waals surface area contributed by atoms with E-state index in [0.29, 0.717) is 0 Å². The van der Waals surface area contributed by atoms with E-state index in [-0.39, 0.29) is 6.10 Å². The molecule has 0 spiro atoms. The van der Waals surface area contributed by atoms with Crippen LogP contribution in [-0.2, 0) is 4.74 Å². The van der Waals surface area contributed by atoms with Crippen LogP contribution in [0.5, 0.6) is 0 Å². The Balaban J connectivity index is 1.75. The molecule has 2 aliphatic rings. The molecule has 0 bridgehead atoms. The van der Waals surface area contributed by atoms with E-state index < -0.39 is 0 Å². The Hall–Kier alpha value is -0.510. The number of ether oxygens (including phenoxy) is 1. The van der Waals surface area contributed by atoms with Crippen LogP contribution in [0.15, 0.2) is 24.3 Å². The lowest BCUT2D eigenvalue weighted by atomic mass is 9.91. The Kier molecular flexibility index (Phi) is 4.24. The quantitative estimate of drug-likeness (QED) is 0.886. The molecule has 1 N–H and O–H groups in total. The highest BCUT2D eigenvalue weighted by atomic mass is 32.2. The number of hydrogen-bond donors (Lipinski definition) is 1. The van der Waals surface area contributed by atoms with Crippen LogP contribution in [-0.4, -0.2) is 31.2 Å². The van der Waals surface area contributed by atoms with Gasteiger partial charge in [0.25, 0.3) is 0 Å². The first-order valence-corrected chi connectivity index (χ1v) is 8.09. The van der Waals surface area contributed by atoms with Crippen molar-refractivity contribution in [2.45, 2.75) is 24.9 Å². The van der Waals surface area contributed by atoms with Crippen LogP contribution in [0.25, 0.3) is 0 Å². The van der Waals surface area contributed by atoms with Gasteiger partial charge in [-0.25, -0.2) is 0 Å². The molecule has 18 heavy (non-hydrogen) atoms. The summed E-state index contributed by atoms with van der Waals surface area (Å²) >= 11 is 2.09. The van der Waals surface area contributed by atoms with Crippen molar-refractivity contribution < 1.29 is 4.74 Å². The molecule has 2 heterocycles. The average molecular weight is 263 g/mol. The van der Waals surface area contributed by atoms with Crippen LogP contribution in [0.1, 0.15) is 36.0 Å². The van der Waals surface area contributed by atoms with E-state index in [1.807, 2.05) is 0 Å². The van der Waals surface area contributed by atoms with Gasteiger partial charge in [0, 0.05) is 13.1 Å². The second kappa shape index (κ2) is 6.09. The summed E-state index contributed by atoms with van der Waals surface area (Å²) in [5.74, 6) is 3.40. The predicted octanol–water partition coefficient (Wildman–Crippen LogP) is 2.96. The van der Waals surface area contributed by atoms with Crippen LogP contribution in [0.3, 0.4) is 0 Å². The van der Waals surface area contributed by atoms with Gasteiger partial charge in [0.1, 0.15) is 0 Å². The topological polar surface area (TPSA) is 21.3 Å². The van der Waals surface area contributed by atoms with Gasteiger partial charge in [-0.2, -0.15) is 11.8 Å². The van der Waals surface area contributed by atoms with Crippen LogP contribution in [0.4, 0.5) is 0 Å². The van der Waals surface area contributed by atoms with Crippen molar-refractivity contribution in [1.82, 2.24) is 5.32 Å². The lowest BCUT2D eigenvalue weighted by Gasteiger charge is -2.26. The van der Waals surface area contributed by atoms with E-state index in [1.54, 1.807) is 0 Å². The molecular weight excluding hydrogens is 242 g/mol. The molecule has 2 aliphatic heterocycles. The summed E-state index contributed by atoms with van der Waals surface area (Å²) in [7, 11) is 0. The molecule has 0 saturated carbocycles. The van der Waals surface area contributed by atoms with Crippen molar-refractivity contribution in [3.05, 3.63) is 35.4 Å². The van der Waals surface area contributed by atoms with E-state index in [2.05, 4.69) is 41.3 Å². The number of rotatable bonds is 2. The summed E-state index contributed by atoms with van der Waals surface area (Å²) in [6, 6.07) is 9.07. The number of thioether (sulfide) groups is 1. The fourth-order valence-corrected chi connectivity index (χ4v) is 3.93. The van der Waals surface area contributed by atoms with E-state index in [4.69, 9.17) is 4.74 Å². The predicted molar refractivity (Wildman–Crippen MR) is 77.3 cm³/mol. The van der Waals surface area contributed by atoms with E-state index in [1.165, 1.54) is 35.5 Å². The highest BCUT2D eigenvalue weighted by Crippen LogP contribution is 2.33. The van der Waals surface area contributed by atoms with Crippen LogP contribution >= 0.6 is 11.8 Å². The third kappa shape index (κ3) is 2.90. The summed E-state index contributed by atoms with van der Waals surface area (Å²) in [6.45, 7) is 2.76. The van der Waals surface area contributed by atoms with Gasteiger partial charge >= 0.3 is 0 Å². The molecule has 1 atom stereocenters. The maximum Gasteiger partial charge on any atom is 0.0949 e. The maximum atomic E-state index is 5.84. The summed E-state index contributed by atoms with van der Waals surface area (Å²) < 4.78 is 5.84. The lowest BCUT2D eigenvalue weighted by molar-refractivity contribution is 0.0276. The molecule has 98 valence electrons. The zero-order chi connectivity index (χ0) is 12.2. The molecule has 0 aliphatic carbocycles. The SMILES string of the molecule is c1cc(C2CCSCC2)cc(C2CNCCO2)c1. The van der Waals surface area contributed by atoms with Crippen molar-refractivity contribution >= 4 is 11.8 Å². The second-order valence-electron chi connectivity index (χ2n) is 5.12. The number of morpholine rings is 1. The highest BCUT2D eigenvalue weighted by Gasteiger charge is 2.19. The molecule has 3 heteroatoms. The molecule has 2 saturated heterocycles. The molecule has 3 rings (SSSR count). The molecule has 1 unspecified atom stereocenters. The number of benzene rings is 1. The molecular formula is C15H21NOS. The van der Waals surface area contributed by atoms with Crippen LogP contribution in [0, 0.1) is 0 Å². The Labute approximate surface area is 113 Å². The number of nitrogens with one attached hydrogen (secondary N) is 1. The first-order chi connectivity index (χ1) is 8.93. The van der Waals surface area contributed by atoms with Crippen molar-refractivity contribution in [2.24, 2.45) is 0 Å². The first-order valence-electron chi connectivity index (χ1n) is 6.93. The smallest absolute Gasteiger partial charge is 0.0949 e. The number of hydrogen-bond acceptors (Lipinski definition) is 3. The Morgan fingerprint density at radius 1 is 1.17 bits per heavy atom. The van der Waals surface area contributed by atoms with Gasteiger partial charge < -0.3 is 10.1 Å². The van der Waals surface area contributed by atoms with Gasteiger partial charge in [0.15, 0.2) is 0 Å². The normalized spacial score (nSPS) is 26.1. The van der Waals surface area contributed by atoms with E-state index in [9.17, 15) is 0 Å². The van der Waals surface area contributed by atoms with Crippen molar-refractivity contribution in [1.29, 1.82) is 0 Å². The van der Waals surface area contributed by atoms with Crippen LogP contribution < -0.4 is 5.32 Å². The molecule has 2 nitrogen and oxygen atoms in total. The van der Waals surface area contributed by atoms with Crippen molar-refractivity contribution in [3.8, 4) is 0 Å².